The Labute approximate surface area is 206 Å². The molecule has 3 aromatic rings. The van der Waals surface area contributed by atoms with Gasteiger partial charge in [0.2, 0.25) is 11.8 Å². The zero-order valence-electron chi connectivity index (χ0n) is 21.0. The summed E-state index contributed by atoms with van der Waals surface area (Å²) < 4.78 is 11.3. The van der Waals surface area contributed by atoms with Crippen LogP contribution in [0.5, 0.6) is 11.5 Å². The van der Waals surface area contributed by atoms with Crippen LogP contribution in [0.15, 0.2) is 48.7 Å². The van der Waals surface area contributed by atoms with E-state index in [-0.39, 0.29) is 23.7 Å². The molecule has 1 aliphatic heterocycles. The molecule has 1 aromatic heterocycles. The zero-order valence-corrected chi connectivity index (χ0v) is 21.0. The third kappa shape index (κ3) is 5.14. The lowest BCUT2D eigenvalue weighted by molar-refractivity contribution is -0.139. The second-order valence-corrected chi connectivity index (χ2v) is 9.31. The van der Waals surface area contributed by atoms with E-state index < -0.39 is 6.04 Å². The highest BCUT2D eigenvalue weighted by molar-refractivity contribution is 5.89. The van der Waals surface area contributed by atoms with Crippen molar-refractivity contribution in [3.05, 3.63) is 59.8 Å². The number of carbonyl (C=O) groups is 2. The molecule has 2 N–H and O–H groups in total. The number of hydrogen-bond donors (Lipinski definition) is 2. The fourth-order valence-corrected chi connectivity index (χ4v) is 5.04. The van der Waals surface area contributed by atoms with E-state index in [1.54, 1.807) is 12.0 Å². The van der Waals surface area contributed by atoms with Gasteiger partial charge in [-0.25, -0.2) is 0 Å². The number of benzene rings is 2. The molecule has 35 heavy (non-hydrogen) atoms. The molecule has 1 fully saturated rings. The summed E-state index contributed by atoms with van der Waals surface area (Å²) in [4.78, 5) is 30.9. The van der Waals surface area contributed by atoms with Crippen LogP contribution in [0.25, 0.3) is 10.9 Å². The van der Waals surface area contributed by atoms with Gasteiger partial charge < -0.3 is 24.7 Å². The number of methoxy groups -OCH3 is 1. The molecule has 2 amide bonds. The maximum Gasteiger partial charge on any atom is 0.243 e. The van der Waals surface area contributed by atoms with E-state index in [4.69, 9.17) is 9.47 Å². The van der Waals surface area contributed by atoms with Crippen LogP contribution in [0.3, 0.4) is 0 Å². The Balaban J connectivity index is 1.66. The third-order valence-corrected chi connectivity index (χ3v) is 6.71. The highest BCUT2D eigenvalue weighted by Gasteiger charge is 2.35. The highest BCUT2D eigenvalue weighted by atomic mass is 16.5. The van der Waals surface area contributed by atoms with Crippen LogP contribution in [-0.4, -0.2) is 54.5 Å². The van der Waals surface area contributed by atoms with Crippen molar-refractivity contribution in [2.45, 2.75) is 45.6 Å². The van der Waals surface area contributed by atoms with Crippen molar-refractivity contribution in [2.24, 2.45) is 5.92 Å². The van der Waals surface area contributed by atoms with Crippen LogP contribution >= 0.6 is 0 Å². The van der Waals surface area contributed by atoms with E-state index in [1.165, 1.54) is 0 Å². The molecule has 0 spiro atoms. The molecule has 7 nitrogen and oxygen atoms in total. The Morgan fingerprint density at radius 3 is 2.66 bits per heavy atom. The van der Waals surface area contributed by atoms with E-state index in [9.17, 15) is 9.59 Å². The maximum atomic E-state index is 13.4. The van der Waals surface area contributed by atoms with Crippen LogP contribution in [0.4, 0.5) is 0 Å². The normalized spacial score (nSPS) is 15.5. The quantitative estimate of drug-likeness (QED) is 0.451. The van der Waals surface area contributed by atoms with Gasteiger partial charge in [-0.3, -0.25) is 9.59 Å². The predicted molar refractivity (Wildman–Crippen MR) is 137 cm³/mol. The van der Waals surface area contributed by atoms with Crippen molar-refractivity contribution in [1.82, 2.24) is 15.2 Å². The molecule has 2 atom stereocenters. The Hall–Kier alpha value is -3.48. The molecule has 4 rings (SSSR count). The number of amides is 2. The largest absolute Gasteiger partial charge is 0.493 e. The maximum absolute atomic E-state index is 13.4. The average Bonchev–Trinajstić information content (AvgIpc) is 3.46. The van der Waals surface area contributed by atoms with Crippen molar-refractivity contribution >= 4 is 22.7 Å². The van der Waals surface area contributed by atoms with Gasteiger partial charge in [0, 0.05) is 42.5 Å². The monoisotopic (exact) mass is 477 g/mol. The Kier molecular flexibility index (Phi) is 7.63. The summed E-state index contributed by atoms with van der Waals surface area (Å²) >= 11 is 0. The molecule has 7 heteroatoms. The number of aromatic nitrogens is 1. The van der Waals surface area contributed by atoms with Crippen molar-refractivity contribution < 1.29 is 19.1 Å². The van der Waals surface area contributed by atoms with Gasteiger partial charge in [0.05, 0.1) is 13.7 Å². The first-order valence-electron chi connectivity index (χ1n) is 12.4. The zero-order chi connectivity index (χ0) is 24.9. The molecule has 0 saturated carbocycles. The summed E-state index contributed by atoms with van der Waals surface area (Å²) in [5.74, 6) is 1.19. The molecule has 0 aliphatic carbocycles. The van der Waals surface area contributed by atoms with Crippen molar-refractivity contribution in [1.29, 1.82) is 0 Å². The second kappa shape index (κ2) is 10.8. The summed E-state index contributed by atoms with van der Waals surface area (Å²) in [6.45, 7) is 7.49. The van der Waals surface area contributed by atoms with Crippen LogP contribution in [0, 0.1) is 5.92 Å². The number of ether oxygens (including phenoxy) is 2. The minimum absolute atomic E-state index is 0.0224. The van der Waals surface area contributed by atoms with Crippen LogP contribution in [-0.2, 0) is 9.59 Å². The standard InChI is InChI=1S/C28H35N3O4/c1-5-35-24-13-12-19(15-25(24)34-4)21(22-17-29-23-10-7-6-9-20(22)23)16-30-28(33)27(18(2)3)31-14-8-11-26(31)32/h6-7,9-10,12-13,15,17-18,21,27,29H,5,8,11,14,16H2,1-4H3,(H,30,33)/t21-,27+/m0/s1. The molecule has 0 radical (unpaired) electrons. The summed E-state index contributed by atoms with van der Waals surface area (Å²) in [7, 11) is 1.63. The predicted octanol–water partition coefficient (Wildman–Crippen LogP) is 4.47. The van der Waals surface area contributed by atoms with Gasteiger partial charge in [-0.1, -0.05) is 38.1 Å². The topological polar surface area (TPSA) is 83.7 Å². The number of para-hydroxylation sites is 1. The van der Waals surface area contributed by atoms with Crippen LogP contribution < -0.4 is 14.8 Å². The molecule has 1 saturated heterocycles. The van der Waals surface area contributed by atoms with Crippen molar-refractivity contribution in [3.8, 4) is 11.5 Å². The van der Waals surface area contributed by atoms with E-state index in [0.29, 0.717) is 37.6 Å². The van der Waals surface area contributed by atoms with Gasteiger partial charge in [0.25, 0.3) is 0 Å². The fourth-order valence-electron chi connectivity index (χ4n) is 5.04. The first kappa shape index (κ1) is 24.6. The number of nitrogens with one attached hydrogen (secondary N) is 2. The Morgan fingerprint density at radius 2 is 1.97 bits per heavy atom. The number of hydrogen-bond acceptors (Lipinski definition) is 4. The first-order chi connectivity index (χ1) is 16.9. The Morgan fingerprint density at radius 1 is 1.17 bits per heavy atom. The number of rotatable bonds is 10. The minimum Gasteiger partial charge on any atom is -0.493 e. The van der Waals surface area contributed by atoms with Crippen molar-refractivity contribution in [3.63, 3.8) is 0 Å². The molecule has 2 heterocycles. The summed E-state index contributed by atoms with van der Waals surface area (Å²) in [5, 5.41) is 4.28. The van der Waals surface area contributed by atoms with Gasteiger partial charge >= 0.3 is 0 Å². The number of likely N-dealkylation sites (tertiary alicyclic amines) is 1. The Bertz CT molecular complexity index is 1190. The molecule has 1 aliphatic rings. The van der Waals surface area contributed by atoms with E-state index in [2.05, 4.69) is 16.4 Å². The van der Waals surface area contributed by atoms with E-state index >= 15 is 0 Å². The lowest BCUT2D eigenvalue weighted by atomic mass is 9.90. The van der Waals surface area contributed by atoms with Crippen molar-refractivity contribution in [2.75, 3.05) is 26.8 Å². The molecule has 2 aromatic carbocycles. The van der Waals surface area contributed by atoms with Gasteiger partial charge in [-0.05, 0) is 48.6 Å². The summed E-state index contributed by atoms with van der Waals surface area (Å²) in [6, 6.07) is 13.6. The van der Waals surface area contributed by atoms with E-state index in [1.807, 2.05) is 63.4 Å². The molecular weight excluding hydrogens is 442 g/mol. The minimum atomic E-state index is -0.469. The van der Waals surface area contributed by atoms with Gasteiger partial charge in [-0.15, -0.1) is 0 Å². The first-order valence-corrected chi connectivity index (χ1v) is 12.4. The van der Waals surface area contributed by atoms with Gasteiger partial charge in [0.15, 0.2) is 11.5 Å². The molecular formula is C28H35N3O4. The number of H-pyrrole nitrogens is 1. The summed E-state index contributed by atoms with van der Waals surface area (Å²) in [5.41, 5.74) is 3.14. The van der Waals surface area contributed by atoms with Gasteiger partial charge in [-0.2, -0.15) is 0 Å². The van der Waals surface area contributed by atoms with E-state index in [0.717, 1.165) is 28.5 Å². The third-order valence-electron chi connectivity index (χ3n) is 6.71. The second-order valence-electron chi connectivity index (χ2n) is 9.31. The molecule has 0 bridgehead atoms. The van der Waals surface area contributed by atoms with Crippen LogP contribution in [0.2, 0.25) is 0 Å². The number of fused-ring (bicyclic) bond motifs is 1. The number of carbonyl (C=O) groups excluding carboxylic acids is 2. The molecule has 186 valence electrons. The lowest BCUT2D eigenvalue weighted by Crippen LogP contribution is -2.51. The number of aromatic amines is 1. The highest BCUT2D eigenvalue weighted by Crippen LogP contribution is 2.36. The average molecular weight is 478 g/mol. The molecule has 0 unspecified atom stereocenters. The summed E-state index contributed by atoms with van der Waals surface area (Å²) in [6.07, 6.45) is 3.33. The fraction of sp³-hybridized carbons (Fsp3) is 0.429. The lowest BCUT2D eigenvalue weighted by Gasteiger charge is -2.30. The SMILES string of the molecule is CCOc1ccc([C@H](CNC(=O)[C@@H](C(C)C)N2CCCC2=O)c2c[nH]c3ccccc23)cc1OC. The van der Waals surface area contributed by atoms with Gasteiger partial charge in [0.1, 0.15) is 6.04 Å². The smallest absolute Gasteiger partial charge is 0.243 e. The van der Waals surface area contributed by atoms with Crippen LogP contribution in [0.1, 0.15) is 50.7 Å². The number of nitrogens with zero attached hydrogens (tertiary/aromatic N) is 1.